The minimum absolute atomic E-state index is 0.229. The van der Waals surface area contributed by atoms with Crippen LogP contribution in [0.4, 0.5) is 0 Å². The van der Waals surface area contributed by atoms with E-state index < -0.39 is 0 Å². The van der Waals surface area contributed by atoms with Gasteiger partial charge in [-0.15, -0.1) is 0 Å². The van der Waals surface area contributed by atoms with Gasteiger partial charge >= 0.3 is 0 Å². The number of nitriles is 1. The third kappa shape index (κ3) is 3.10. The summed E-state index contributed by atoms with van der Waals surface area (Å²) in [6.07, 6.45) is 7.09. The van der Waals surface area contributed by atoms with Crippen LogP contribution < -0.4 is 5.32 Å². The van der Waals surface area contributed by atoms with Crippen LogP contribution in [0.2, 0.25) is 0 Å². The van der Waals surface area contributed by atoms with Gasteiger partial charge in [0.15, 0.2) is 0 Å². The first kappa shape index (κ1) is 13.4. The van der Waals surface area contributed by atoms with E-state index in [1.807, 2.05) is 0 Å². The summed E-state index contributed by atoms with van der Waals surface area (Å²) in [5, 5.41) is 13.3. The van der Waals surface area contributed by atoms with Crippen molar-refractivity contribution in [3.8, 4) is 6.07 Å². The molecule has 0 aromatic rings. The normalized spacial score (nSPS) is 38.0. The van der Waals surface area contributed by atoms with E-state index in [0.29, 0.717) is 12.1 Å². The second kappa shape index (κ2) is 5.40. The molecule has 3 rings (SSSR count). The number of hydrogen-bond acceptors (Lipinski definition) is 4. The zero-order valence-electron chi connectivity index (χ0n) is 12.1. The van der Waals surface area contributed by atoms with Gasteiger partial charge in [-0.25, -0.2) is 0 Å². The lowest BCUT2D eigenvalue weighted by Gasteiger charge is -2.44. The lowest BCUT2D eigenvalue weighted by molar-refractivity contribution is 0.0718. The van der Waals surface area contributed by atoms with Crippen molar-refractivity contribution in [1.82, 2.24) is 15.1 Å². The van der Waals surface area contributed by atoms with Crippen molar-refractivity contribution in [2.45, 2.75) is 56.1 Å². The summed E-state index contributed by atoms with van der Waals surface area (Å²) >= 11 is 0. The quantitative estimate of drug-likeness (QED) is 0.829. The van der Waals surface area contributed by atoms with Gasteiger partial charge in [0.1, 0.15) is 5.54 Å². The van der Waals surface area contributed by atoms with E-state index in [0.717, 1.165) is 12.8 Å². The van der Waals surface area contributed by atoms with Crippen LogP contribution >= 0.6 is 0 Å². The number of likely N-dealkylation sites (N-methyl/N-ethyl adjacent to an activating group) is 1. The maximum absolute atomic E-state index is 9.64. The molecule has 0 bridgehead atoms. The van der Waals surface area contributed by atoms with E-state index in [9.17, 15) is 5.26 Å². The molecule has 1 heterocycles. The monoisotopic (exact) mass is 262 g/mol. The largest absolute Gasteiger partial charge is 0.304 e. The number of piperazine rings is 1. The molecule has 1 saturated heterocycles. The molecule has 0 aromatic carbocycles. The van der Waals surface area contributed by atoms with E-state index in [4.69, 9.17) is 0 Å². The lowest BCUT2D eigenvalue weighted by Crippen LogP contribution is -2.56. The van der Waals surface area contributed by atoms with Crippen LogP contribution in [0.3, 0.4) is 0 Å². The van der Waals surface area contributed by atoms with Gasteiger partial charge in [-0.3, -0.25) is 10.2 Å². The fraction of sp³-hybridized carbons (Fsp3) is 0.933. The molecule has 3 aliphatic rings. The maximum Gasteiger partial charge on any atom is 0.108 e. The van der Waals surface area contributed by atoms with Gasteiger partial charge in [0, 0.05) is 38.3 Å². The SMILES string of the molecule is CN1CCN(C2CCCC(C#N)(NC3CC3)C2)CC1. The maximum atomic E-state index is 9.64. The molecular formula is C15H26N4. The Morgan fingerprint density at radius 3 is 2.53 bits per heavy atom. The van der Waals surface area contributed by atoms with Crippen LogP contribution in [0.5, 0.6) is 0 Å². The van der Waals surface area contributed by atoms with E-state index in [-0.39, 0.29) is 5.54 Å². The third-order valence-corrected chi connectivity index (χ3v) is 5.05. The van der Waals surface area contributed by atoms with Crippen molar-refractivity contribution in [3.05, 3.63) is 0 Å². The Morgan fingerprint density at radius 1 is 1.16 bits per heavy atom. The fourth-order valence-corrected chi connectivity index (χ4v) is 3.63. The molecular weight excluding hydrogens is 236 g/mol. The van der Waals surface area contributed by atoms with Gasteiger partial charge < -0.3 is 4.90 Å². The Bertz CT molecular complexity index is 352. The minimum Gasteiger partial charge on any atom is -0.304 e. The summed E-state index contributed by atoms with van der Waals surface area (Å²) in [7, 11) is 2.20. The molecule has 1 aliphatic heterocycles. The number of hydrogen-bond donors (Lipinski definition) is 1. The van der Waals surface area contributed by atoms with Crippen LogP contribution in [0.1, 0.15) is 38.5 Å². The third-order valence-electron chi connectivity index (χ3n) is 5.05. The van der Waals surface area contributed by atoms with E-state index >= 15 is 0 Å². The van der Waals surface area contributed by atoms with Gasteiger partial charge in [-0.2, -0.15) is 5.26 Å². The first-order chi connectivity index (χ1) is 9.21. The second-order valence-corrected chi connectivity index (χ2v) is 6.70. The molecule has 3 fully saturated rings. The van der Waals surface area contributed by atoms with Crippen LogP contribution in [-0.2, 0) is 0 Å². The molecule has 1 N–H and O–H groups in total. The molecule has 2 aliphatic carbocycles. The lowest BCUT2D eigenvalue weighted by atomic mass is 9.79. The van der Waals surface area contributed by atoms with Gasteiger partial charge in [0.2, 0.25) is 0 Å². The fourth-order valence-electron chi connectivity index (χ4n) is 3.63. The number of nitrogens with zero attached hydrogens (tertiary/aromatic N) is 3. The standard InChI is InChI=1S/C15H26N4/c1-18-7-9-19(10-8-18)14-3-2-6-15(11-14,12-16)17-13-4-5-13/h13-14,17H,2-11H2,1H3. The van der Waals surface area contributed by atoms with Crippen molar-refractivity contribution < 1.29 is 0 Å². The summed E-state index contributed by atoms with van der Waals surface area (Å²) < 4.78 is 0. The Labute approximate surface area is 116 Å². The Morgan fingerprint density at radius 2 is 1.89 bits per heavy atom. The number of rotatable bonds is 3. The average molecular weight is 262 g/mol. The van der Waals surface area contributed by atoms with Crippen molar-refractivity contribution >= 4 is 0 Å². The van der Waals surface area contributed by atoms with Crippen LogP contribution in [0, 0.1) is 11.3 Å². The van der Waals surface area contributed by atoms with Crippen molar-refractivity contribution in [2.24, 2.45) is 0 Å². The molecule has 0 radical (unpaired) electrons. The van der Waals surface area contributed by atoms with Gasteiger partial charge in [-0.05, 0) is 45.6 Å². The highest BCUT2D eigenvalue weighted by molar-refractivity contribution is 5.13. The molecule has 4 heteroatoms. The van der Waals surface area contributed by atoms with Crippen molar-refractivity contribution in [2.75, 3.05) is 33.2 Å². The van der Waals surface area contributed by atoms with Gasteiger partial charge in [-0.1, -0.05) is 0 Å². The summed E-state index contributed by atoms with van der Waals surface area (Å²) in [6, 6.07) is 3.87. The highest BCUT2D eigenvalue weighted by Gasteiger charge is 2.42. The molecule has 0 amide bonds. The Balaban J connectivity index is 1.61. The summed E-state index contributed by atoms with van der Waals surface area (Å²) in [5.74, 6) is 0. The molecule has 19 heavy (non-hydrogen) atoms. The van der Waals surface area contributed by atoms with Gasteiger partial charge in [0.25, 0.3) is 0 Å². The van der Waals surface area contributed by atoms with Crippen molar-refractivity contribution in [3.63, 3.8) is 0 Å². The molecule has 0 aromatic heterocycles. The zero-order chi connectivity index (χ0) is 13.3. The molecule has 4 nitrogen and oxygen atoms in total. The molecule has 2 saturated carbocycles. The summed E-state index contributed by atoms with van der Waals surface area (Å²) in [5.41, 5.74) is -0.229. The summed E-state index contributed by atoms with van der Waals surface area (Å²) in [6.45, 7) is 4.69. The average Bonchev–Trinajstić information content (AvgIpc) is 3.24. The van der Waals surface area contributed by atoms with Crippen LogP contribution in [0.15, 0.2) is 0 Å². The first-order valence-corrected chi connectivity index (χ1v) is 7.82. The van der Waals surface area contributed by atoms with Crippen LogP contribution in [-0.4, -0.2) is 60.6 Å². The smallest absolute Gasteiger partial charge is 0.108 e. The topological polar surface area (TPSA) is 42.3 Å². The predicted octanol–water partition coefficient (Wildman–Crippen LogP) is 1.19. The van der Waals surface area contributed by atoms with E-state index in [1.165, 1.54) is 51.9 Å². The van der Waals surface area contributed by atoms with Gasteiger partial charge in [0.05, 0.1) is 6.07 Å². The van der Waals surface area contributed by atoms with Crippen LogP contribution in [0.25, 0.3) is 0 Å². The molecule has 2 atom stereocenters. The van der Waals surface area contributed by atoms with E-state index in [1.54, 1.807) is 0 Å². The highest BCUT2D eigenvalue weighted by Crippen LogP contribution is 2.34. The number of nitrogens with one attached hydrogen (secondary N) is 1. The van der Waals surface area contributed by atoms with E-state index in [2.05, 4.69) is 28.2 Å². The predicted molar refractivity (Wildman–Crippen MR) is 75.8 cm³/mol. The molecule has 2 unspecified atom stereocenters. The second-order valence-electron chi connectivity index (χ2n) is 6.70. The molecule has 0 spiro atoms. The van der Waals surface area contributed by atoms with Crippen molar-refractivity contribution in [1.29, 1.82) is 5.26 Å². The Kier molecular flexibility index (Phi) is 3.79. The minimum atomic E-state index is -0.229. The highest BCUT2D eigenvalue weighted by atomic mass is 15.3. The molecule has 106 valence electrons. The first-order valence-electron chi connectivity index (χ1n) is 7.82. The Hall–Kier alpha value is -0.630. The zero-order valence-corrected chi connectivity index (χ0v) is 12.1. The summed E-state index contributed by atoms with van der Waals surface area (Å²) in [4.78, 5) is 5.03.